The molecule has 0 bridgehead atoms. The number of esters is 3. The molecule has 0 aliphatic heterocycles. The van der Waals surface area contributed by atoms with Gasteiger partial charge >= 0.3 is 30.1 Å². The van der Waals surface area contributed by atoms with Crippen molar-refractivity contribution < 1.29 is 51.7 Å². The summed E-state index contributed by atoms with van der Waals surface area (Å²) in [6, 6.07) is -0.0425. The summed E-state index contributed by atoms with van der Waals surface area (Å²) in [6.45, 7) is 9.39. The summed E-state index contributed by atoms with van der Waals surface area (Å²) < 4.78 is 45.8. The minimum Gasteiger partial charge on any atom is -0.475 e. The van der Waals surface area contributed by atoms with Gasteiger partial charge in [-0.2, -0.15) is 13.2 Å². The second kappa shape index (κ2) is 18.5. The zero-order valence-corrected chi connectivity index (χ0v) is 20.6. The first-order valence-electron chi connectivity index (χ1n) is 10.2. The number of rotatable bonds is 8. The molecule has 0 heterocycles. The molecule has 0 spiro atoms. The smallest absolute Gasteiger partial charge is 0.475 e. The summed E-state index contributed by atoms with van der Waals surface area (Å²) in [4.78, 5) is 41.9. The van der Waals surface area contributed by atoms with Crippen LogP contribution in [-0.4, -0.2) is 61.0 Å². The van der Waals surface area contributed by atoms with Crippen LogP contribution in [0.1, 0.15) is 53.9 Å². The third-order valence-corrected chi connectivity index (χ3v) is 3.47. The van der Waals surface area contributed by atoms with Crippen molar-refractivity contribution in [3.63, 3.8) is 0 Å². The predicted molar refractivity (Wildman–Crippen MR) is 119 cm³/mol. The number of carboxylic acids is 1. The maximum absolute atomic E-state index is 11.6. The zero-order valence-electron chi connectivity index (χ0n) is 20.6. The summed E-state index contributed by atoms with van der Waals surface area (Å²) in [5.74, 6) is -3.77. The molecule has 0 fully saturated rings. The van der Waals surface area contributed by atoms with Crippen LogP contribution < -0.4 is 5.73 Å². The minimum atomic E-state index is -5.08. The Balaban J connectivity index is -0.000000477. The number of hydrogen-bond donors (Lipinski definition) is 2. The van der Waals surface area contributed by atoms with Crippen molar-refractivity contribution in [2.75, 3.05) is 14.2 Å². The Hall–Kier alpha value is -2.89. The van der Waals surface area contributed by atoms with Gasteiger partial charge in [0.1, 0.15) is 5.60 Å². The third kappa shape index (κ3) is 25.4. The lowest BCUT2D eigenvalue weighted by Crippen LogP contribution is -2.25. The van der Waals surface area contributed by atoms with E-state index in [2.05, 4.69) is 9.47 Å². The molecule has 34 heavy (non-hydrogen) atoms. The molecule has 2 atom stereocenters. The number of halogens is 3. The van der Waals surface area contributed by atoms with Crippen molar-refractivity contribution in [2.24, 2.45) is 11.7 Å². The van der Waals surface area contributed by atoms with Crippen LogP contribution in [-0.2, 0) is 33.4 Å². The van der Waals surface area contributed by atoms with Crippen LogP contribution in [0.25, 0.3) is 0 Å². The monoisotopic (exact) mass is 499 g/mol. The van der Waals surface area contributed by atoms with E-state index >= 15 is 0 Å². The molecule has 0 saturated heterocycles. The van der Waals surface area contributed by atoms with E-state index in [0.717, 1.165) is 12.8 Å². The van der Waals surface area contributed by atoms with Crippen LogP contribution in [0.15, 0.2) is 24.3 Å². The van der Waals surface area contributed by atoms with Gasteiger partial charge in [-0.1, -0.05) is 26.0 Å². The van der Waals surface area contributed by atoms with E-state index in [1.165, 1.54) is 26.4 Å². The van der Waals surface area contributed by atoms with Gasteiger partial charge in [0.05, 0.1) is 20.6 Å². The molecular weight excluding hydrogens is 463 g/mol. The maximum atomic E-state index is 11.6. The highest BCUT2D eigenvalue weighted by molar-refractivity contribution is 5.82. The highest BCUT2D eigenvalue weighted by Crippen LogP contribution is 2.15. The Labute approximate surface area is 198 Å². The van der Waals surface area contributed by atoms with Crippen LogP contribution >= 0.6 is 0 Å². The van der Waals surface area contributed by atoms with E-state index in [0.29, 0.717) is 0 Å². The fraction of sp³-hybridized carbons (Fsp3) is 0.636. The molecule has 0 aromatic carbocycles. The molecule has 0 aliphatic rings. The Morgan fingerprint density at radius 1 is 0.912 bits per heavy atom. The molecule has 0 unspecified atom stereocenters. The fourth-order valence-corrected chi connectivity index (χ4v) is 1.63. The van der Waals surface area contributed by atoms with Crippen LogP contribution in [0.5, 0.6) is 0 Å². The third-order valence-electron chi connectivity index (χ3n) is 3.47. The van der Waals surface area contributed by atoms with Crippen LogP contribution in [0.4, 0.5) is 13.2 Å². The Morgan fingerprint density at radius 3 is 1.62 bits per heavy atom. The fourth-order valence-electron chi connectivity index (χ4n) is 1.63. The van der Waals surface area contributed by atoms with Crippen molar-refractivity contribution in [1.29, 1.82) is 0 Å². The van der Waals surface area contributed by atoms with Gasteiger partial charge in [-0.3, -0.25) is 4.79 Å². The number of carbonyl (C=O) groups is 4. The molecule has 0 rings (SSSR count). The summed E-state index contributed by atoms with van der Waals surface area (Å²) in [5.41, 5.74) is 5.01. The lowest BCUT2D eigenvalue weighted by molar-refractivity contribution is -0.192. The van der Waals surface area contributed by atoms with Crippen molar-refractivity contribution in [3.05, 3.63) is 24.3 Å². The quantitative estimate of drug-likeness (QED) is 0.291. The summed E-state index contributed by atoms with van der Waals surface area (Å²) in [5, 5.41) is 7.12. The van der Waals surface area contributed by atoms with E-state index in [9.17, 15) is 27.6 Å². The number of carbonyl (C=O) groups excluding carboxylic acids is 3. The minimum absolute atomic E-state index is 0.00366. The molecule has 3 N–H and O–H groups in total. The topological polar surface area (TPSA) is 142 Å². The Morgan fingerprint density at radius 2 is 1.32 bits per heavy atom. The molecular formula is C22H36F3NO8. The van der Waals surface area contributed by atoms with Crippen LogP contribution in [0.3, 0.4) is 0 Å². The lowest BCUT2D eigenvalue weighted by atomic mass is 10.0. The maximum Gasteiger partial charge on any atom is 0.490 e. The van der Waals surface area contributed by atoms with Gasteiger partial charge in [0.25, 0.3) is 0 Å². The van der Waals surface area contributed by atoms with Gasteiger partial charge < -0.3 is 25.1 Å². The first kappa shape index (κ1) is 35.7. The van der Waals surface area contributed by atoms with Crippen molar-refractivity contribution >= 4 is 23.9 Å². The van der Waals surface area contributed by atoms with E-state index in [1.807, 2.05) is 34.6 Å². The highest BCUT2D eigenvalue weighted by atomic mass is 19.4. The standard InChI is InChI=1S/C13H22O4.C7H13NO2.C2HF3O2/c1-6-10(7-8-11(14)16-5)9-12(15)17-13(2,3)4;1-3-6(8)4-5-7(9)10-2;3-2(4,5)1(6)7/h7-8,10H,6,9H2,1-5H3;4-6H,3,8H2,1-2H3;(H,6,7)/b8-7+;5-4+;/t10-;6-;/m00./s1. The molecule has 0 aliphatic carbocycles. The Kier molecular flexibility index (Phi) is 19.5. The van der Waals surface area contributed by atoms with Gasteiger partial charge in [-0.05, 0) is 39.5 Å². The molecule has 0 saturated carbocycles. The number of carboxylic acid groups (broad SMARTS) is 1. The van der Waals surface area contributed by atoms with Gasteiger partial charge in [0.2, 0.25) is 0 Å². The molecule has 0 amide bonds. The number of aliphatic carboxylic acids is 1. The number of hydrogen-bond acceptors (Lipinski definition) is 8. The molecule has 9 nitrogen and oxygen atoms in total. The predicted octanol–water partition coefficient (Wildman–Crippen LogP) is 3.56. The summed E-state index contributed by atoms with van der Waals surface area (Å²) in [7, 11) is 2.66. The molecule has 12 heteroatoms. The van der Waals surface area contributed by atoms with Gasteiger partial charge in [0, 0.05) is 18.2 Å². The molecule has 198 valence electrons. The molecule has 0 aromatic rings. The number of nitrogens with two attached hydrogens (primary N) is 1. The van der Waals surface area contributed by atoms with Crippen LogP contribution in [0.2, 0.25) is 0 Å². The number of ether oxygens (including phenoxy) is 3. The van der Waals surface area contributed by atoms with Gasteiger partial charge in [-0.25, -0.2) is 14.4 Å². The SMILES string of the molecule is CC[C@@H](/C=C/C(=O)OC)CC(=O)OC(C)(C)C.CC[C@H](N)/C=C/C(=O)OC.O=C(O)C(F)(F)F. The van der Waals surface area contributed by atoms with Gasteiger partial charge in [-0.15, -0.1) is 0 Å². The number of alkyl halides is 3. The summed E-state index contributed by atoms with van der Waals surface area (Å²) in [6.07, 6.45) is 2.80. The van der Waals surface area contributed by atoms with E-state index in [-0.39, 0.29) is 30.3 Å². The number of allylic oxidation sites excluding steroid dienone is 1. The second-order valence-corrected chi connectivity index (χ2v) is 7.60. The number of methoxy groups -OCH3 is 2. The first-order valence-corrected chi connectivity index (χ1v) is 10.2. The Bertz CT molecular complexity index is 683. The summed E-state index contributed by atoms with van der Waals surface area (Å²) >= 11 is 0. The lowest BCUT2D eigenvalue weighted by Gasteiger charge is -2.20. The van der Waals surface area contributed by atoms with Crippen LogP contribution in [0, 0.1) is 5.92 Å². The van der Waals surface area contributed by atoms with Crippen molar-refractivity contribution in [2.45, 2.75) is 71.7 Å². The molecule has 0 radical (unpaired) electrons. The average Bonchev–Trinajstić information content (AvgIpc) is 2.73. The normalized spacial score (nSPS) is 13.0. The van der Waals surface area contributed by atoms with Crippen molar-refractivity contribution in [1.82, 2.24) is 0 Å². The van der Waals surface area contributed by atoms with E-state index < -0.39 is 23.7 Å². The highest BCUT2D eigenvalue weighted by Gasteiger charge is 2.38. The zero-order chi connectivity index (χ0) is 27.5. The average molecular weight is 500 g/mol. The second-order valence-electron chi connectivity index (χ2n) is 7.60. The van der Waals surface area contributed by atoms with E-state index in [1.54, 1.807) is 12.2 Å². The van der Waals surface area contributed by atoms with Crippen molar-refractivity contribution in [3.8, 4) is 0 Å². The largest absolute Gasteiger partial charge is 0.490 e. The van der Waals surface area contributed by atoms with Gasteiger partial charge in [0.15, 0.2) is 0 Å². The van der Waals surface area contributed by atoms with E-state index in [4.69, 9.17) is 20.4 Å². The first-order chi connectivity index (χ1) is 15.4. The molecule has 0 aromatic heterocycles.